The minimum Gasteiger partial charge on any atom is -0.481 e. The zero-order chi connectivity index (χ0) is 10.3. The number of nitrogens with one attached hydrogen (secondary N) is 2. The second-order valence-electron chi connectivity index (χ2n) is 3.93. The van der Waals surface area contributed by atoms with Crippen LogP contribution >= 0.6 is 0 Å². The van der Waals surface area contributed by atoms with Crippen molar-refractivity contribution in [3.8, 4) is 0 Å². The summed E-state index contributed by atoms with van der Waals surface area (Å²) in [6.45, 7) is 0. The van der Waals surface area contributed by atoms with Gasteiger partial charge in [-0.25, -0.2) is 10.9 Å². The van der Waals surface area contributed by atoms with Crippen molar-refractivity contribution in [1.82, 2.24) is 10.9 Å². The van der Waals surface area contributed by atoms with E-state index in [1.807, 2.05) is 0 Å². The molecule has 0 aromatic heterocycles. The molecule has 0 amide bonds. The highest BCUT2D eigenvalue weighted by Crippen LogP contribution is 2.40. The van der Waals surface area contributed by atoms with Gasteiger partial charge in [-0.1, -0.05) is 0 Å². The molecule has 1 aliphatic heterocycles. The van der Waals surface area contributed by atoms with Crippen LogP contribution in [0.4, 0.5) is 0 Å². The Bertz CT molecular complexity index is 287. The number of rotatable bonds is 2. The van der Waals surface area contributed by atoms with Gasteiger partial charge in [0.15, 0.2) is 0 Å². The van der Waals surface area contributed by atoms with Gasteiger partial charge in [-0.15, -0.1) is 0 Å². The van der Waals surface area contributed by atoms with E-state index in [9.17, 15) is 9.59 Å². The molecule has 14 heavy (non-hydrogen) atoms. The molecule has 6 nitrogen and oxygen atoms in total. The smallest absolute Gasteiger partial charge is 0.309 e. The molecule has 0 aromatic rings. The quantitative estimate of drug-likeness (QED) is 0.441. The zero-order valence-electron chi connectivity index (χ0n) is 7.49. The number of hydrogen-bond donors (Lipinski definition) is 4. The molecular weight excluding hydrogens is 188 g/mol. The standard InChI is InChI=1S/C8H12N2O4/c11-6(12)4-1-2-5(7(13)14)8(3-4)9-10-8/h4-5,9-10H,1-3H2,(H,11,12)(H,13,14). The second kappa shape index (κ2) is 2.93. The average Bonchev–Trinajstić information content (AvgIpc) is 2.84. The molecule has 2 rings (SSSR count). The van der Waals surface area contributed by atoms with E-state index in [-0.39, 0.29) is 0 Å². The SMILES string of the molecule is O=C(O)C1CCC(C(=O)O)C2(C1)NN2. The first-order valence-electron chi connectivity index (χ1n) is 4.55. The molecule has 2 aliphatic rings. The first-order valence-corrected chi connectivity index (χ1v) is 4.55. The van der Waals surface area contributed by atoms with Crippen LogP contribution in [-0.4, -0.2) is 27.8 Å². The van der Waals surface area contributed by atoms with Gasteiger partial charge in [0, 0.05) is 0 Å². The number of carboxylic acid groups (broad SMARTS) is 2. The van der Waals surface area contributed by atoms with E-state index >= 15 is 0 Å². The molecule has 4 N–H and O–H groups in total. The molecule has 0 radical (unpaired) electrons. The van der Waals surface area contributed by atoms with Crippen molar-refractivity contribution in [3.63, 3.8) is 0 Å². The summed E-state index contributed by atoms with van der Waals surface area (Å²) in [7, 11) is 0. The topological polar surface area (TPSA) is 118 Å². The van der Waals surface area contributed by atoms with Crippen LogP contribution in [0.2, 0.25) is 0 Å². The number of aliphatic carboxylic acids is 2. The van der Waals surface area contributed by atoms with Gasteiger partial charge in [-0.3, -0.25) is 9.59 Å². The Kier molecular flexibility index (Phi) is 1.97. The van der Waals surface area contributed by atoms with Crippen LogP contribution in [0, 0.1) is 11.8 Å². The molecule has 78 valence electrons. The molecular formula is C8H12N2O4. The molecule has 0 aromatic carbocycles. The van der Waals surface area contributed by atoms with E-state index in [1.165, 1.54) is 0 Å². The first-order chi connectivity index (χ1) is 6.55. The minimum atomic E-state index is -0.869. The predicted molar refractivity (Wildman–Crippen MR) is 45.1 cm³/mol. The Morgan fingerprint density at radius 3 is 2.21 bits per heavy atom. The van der Waals surface area contributed by atoms with Gasteiger partial charge in [0.25, 0.3) is 0 Å². The lowest BCUT2D eigenvalue weighted by molar-refractivity contribution is -0.150. The van der Waals surface area contributed by atoms with Crippen LogP contribution in [0.15, 0.2) is 0 Å². The zero-order valence-corrected chi connectivity index (χ0v) is 7.49. The molecule has 0 bridgehead atoms. The van der Waals surface area contributed by atoms with Crippen LogP contribution in [-0.2, 0) is 9.59 Å². The Hall–Kier alpha value is -1.14. The Morgan fingerprint density at radius 2 is 1.79 bits per heavy atom. The lowest BCUT2D eigenvalue weighted by Crippen LogP contribution is -2.43. The van der Waals surface area contributed by atoms with E-state index in [4.69, 9.17) is 10.2 Å². The van der Waals surface area contributed by atoms with Gasteiger partial charge >= 0.3 is 11.9 Å². The van der Waals surface area contributed by atoms with Crippen molar-refractivity contribution in [3.05, 3.63) is 0 Å². The van der Waals surface area contributed by atoms with Crippen LogP contribution in [0.3, 0.4) is 0 Å². The van der Waals surface area contributed by atoms with Crippen molar-refractivity contribution in [1.29, 1.82) is 0 Å². The Morgan fingerprint density at radius 1 is 1.14 bits per heavy atom. The van der Waals surface area contributed by atoms with E-state index in [2.05, 4.69) is 10.9 Å². The first kappa shape index (κ1) is 9.42. The summed E-state index contributed by atoms with van der Waals surface area (Å²) >= 11 is 0. The highest BCUT2D eigenvalue weighted by molar-refractivity contribution is 5.75. The average molecular weight is 200 g/mol. The fourth-order valence-corrected chi connectivity index (χ4v) is 2.15. The van der Waals surface area contributed by atoms with Crippen LogP contribution < -0.4 is 10.9 Å². The summed E-state index contributed by atoms with van der Waals surface area (Å²) in [6, 6.07) is 0. The second-order valence-corrected chi connectivity index (χ2v) is 3.93. The molecule has 1 saturated heterocycles. The summed E-state index contributed by atoms with van der Waals surface area (Å²) in [4.78, 5) is 21.6. The van der Waals surface area contributed by atoms with Gasteiger partial charge < -0.3 is 10.2 Å². The van der Waals surface area contributed by atoms with Crippen molar-refractivity contribution < 1.29 is 19.8 Å². The summed E-state index contributed by atoms with van der Waals surface area (Å²) in [5.74, 6) is -2.67. The largest absolute Gasteiger partial charge is 0.481 e. The maximum Gasteiger partial charge on any atom is 0.309 e. The number of hydrazine groups is 1. The molecule has 2 atom stereocenters. The number of carboxylic acids is 2. The summed E-state index contributed by atoms with van der Waals surface area (Å²) in [5, 5.41) is 17.7. The number of carbonyl (C=O) groups is 2. The lowest BCUT2D eigenvalue weighted by atomic mass is 9.76. The van der Waals surface area contributed by atoms with Gasteiger partial charge in [0.05, 0.1) is 11.8 Å². The maximum atomic E-state index is 10.9. The Labute approximate surface area is 80.3 Å². The normalized spacial score (nSPS) is 34.0. The van der Waals surface area contributed by atoms with Gasteiger partial charge in [-0.2, -0.15) is 0 Å². The molecule has 1 saturated carbocycles. The van der Waals surface area contributed by atoms with Crippen LogP contribution in [0.1, 0.15) is 19.3 Å². The van der Waals surface area contributed by atoms with Gasteiger partial charge in [-0.05, 0) is 19.3 Å². The van der Waals surface area contributed by atoms with Gasteiger partial charge in [0.1, 0.15) is 5.66 Å². The highest BCUT2D eigenvalue weighted by Gasteiger charge is 2.56. The molecule has 2 fully saturated rings. The predicted octanol–water partition coefficient (Wildman–Crippen LogP) is -0.624. The third-order valence-electron chi connectivity index (χ3n) is 3.06. The molecule has 6 heteroatoms. The molecule has 1 spiro atoms. The van der Waals surface area contributed by atoms with Crippen molar-refractivity contribution >= 4 is 11.9 Å². The third kappa shape index (κ3) is 1.36. The van der Waals surface area contributed by atoms with Gasteiger partial charge in [0.2, 0.25) is 0 Å². The molecule has 2 unspecified atom stereocenters. The summed E-state index contributed by atoms with van der Waals surface area (Å²) in [6.07, 6.45) is 1.20. The van der Waals surface area contributed by atoms with Crippen molar-refractivity contribution in [2.75, 3.05) is 0 Å². The number of hydrogen-bond acceptors (Lipinski definition) is 4. The van der Waals surface area contributed by atoms with Crippen LogP contribution in [0.5, 0.6) is 0 Å². The summed E-state index contributed by atoms with van der Waals surface area (Å²) in [5.41, 5.74) is 4.88. The summed E-state index contributed by atoms with van der Waals surface area (Å²) < 4.78 is 0. The van der Waals surface area contributed by atoms with Crippen LogP contribution in [0.25, 0.3) is 0 Å². The third-order valence-corrected chi connectivity index (χ3v) is 3.06. The monoisotopic (exact) mass is 200 g/mol. The lowest BCUT2D eigenvalue weighted by Gasteiger charge is -2.29. The maximum absolute atomic E-state index is 10.9. The van der Waals surface area contributed by atoms with E-state index in [0.717, 1.165) is 0 Å². The molecule has 1 heterocycles. The van der Waals surface area contributed by atoms with E-state index in [0.29, 0.717) is 19.3 Å². The Balaban J connectivity index is 2.09. The highest BCUT2D eigenvalue weighted by atomic mass is 16.4. The fourth-order valence-electron chi connectivity index (χ4n) is 2.15. The fraction of sp³-hybridized carbons (Fsp3) is 0.750. The van der Waals surface area contributed by atoms with Crippen molar-refractivity contribution in [2.24, 2.45) is 11.8 Å². The van der Waals surface area contributed by atoms with E-state index < -0.39 is 29.4 Å². The minimum absolute atomic E-state index is 0.347. The van der Waals surface area contributed by atoms with Crippen molar-refractivity contribution in [2.45, 2.75) is 24.9 Å². The van der Waals surface area contributed by atoms with E-state index in [1.54, 1.807) is 0 Å². The molecule has 1 aliphatic carbocycles.